The molecule has 7 heteroatoms. The van der Waals surface area contributed by atoms with Crippen LogP contribution in [0.15, 0.2) is 65.7 Å². The van der Waals surface area contributed by atoms with Gasteiger partial charge in [-0.25, -0.2) is 8.42 Å². The van der Waals surface area contributed by atoms with E-state index in [4.69, 9.17) is 4.98 Å². The van der Waals surface area contributed by atoms with Crippen LogP contribution in [-0.4, -0.2) is 56.8 Å². The molecule has 1 N–H and O–H groups in total. The summed E-state index contributed by atoms with van der Waals surface area (Å²) in [6, 6.07) is 19.1. The van der Waals surface area contributed by atoms with Gasteiger partial charge in [0.25, 0.3) is 0 Å². The summed E-state index contributed by atoms with van der Waals surface area (Å²) in [5, 5.41) is 3.80. The van der Waals surface area contributed by atoms with Crippen LogP contribution in [0.5, 0.6) is 0 Å². The summed E-state index contributed by atoms with van der Waals surface area (Å²) in [6.45, 7) is 5.69. The number of aryl methyl sites for hydroxylation is 2. The number of nitrogens with one attached hydrogen (secondary N) is 1. The van der Waals surface area contributed by atoms with Crippen molar-refractivity contribution in [3.05, 3.63) is 88.7 Å². The van der Waals surface area contributed by atoms with Crippen LogP contribution in [0.4, 0.5) is 5.69 Å². The van der Waals surface area contributed by atoms with Gasteiger partial charge < -0.3 is 10.2 Å². The molecule has 0 unspecified atom stereocenters. The fourth-order valence-electron chi connectivity index (χ4n) is 7.00. The fraction of sp³-hybridized carbons (Fsp3) is 0.485. The molecule has 0 radical (unpaired) electrons. The zero-order valence-corrected chi connectivity index (χ0v) is 24.7. The van der Waals surface area contributed by atoms with Crippen LogP contribution in [0, 0.1) is 12.8 Å². The summed E-state index contributed by atoms with van der Waals surface area (Å²) in [6.07, 6.45) is 8.30. The number of likely N-dealkylation sites (N-methyl/N-ethyl adjacent to an activating group) is 1. The molecule has 2 aromatic carbocycles. The van der Waals surface area contributed by atoms with Crippen molar-refractivity contribution in [2.45, 2.75) is 69.0 Å². The van der Waals surface area contributed by atoms with E-state index in [0.717, 1.165) is 57.4 Å². The smallest absolute Gasteiger partial charge is 0.178 e. The van der Waals surface area contributed by atoms with E-state index < -0.39 is 9.84 Å². The lowest BCUT2D eigenvalue weighted by Gasteiger charge is -2.39. The van der Waals surface area contributed by atoms with Crippen molar-refractivity contribution in [2.75, 3.05) is 37.3 Å². The molecule has 3 aliphatic rings. The molecule has 0 saturated carbocycles. The number of aromatic nitrogens is 1. The number of hydrogen-bond donors (Lipinski definition) is 1. The number of benzene rings is 2. The normalized spacial score (nSPS) is 21.7. The van der Waals surface area contributed by atoms with E-state index in [1.165, 1.54) is 40.9 Å². The van der Waals surface area contributed by atoms with Crippen molar-refractivity contribution in [1.29, 1.82) is 0 Å². The first-order chi connectivity index (χ1) is 19.4. The minimum atomic E-state index is -3.26. The maximum absolute atomic E-state index is 13.0. The first kappa shape index (κ1) is 27.4. The second-order valence-corrected chi connectivity index (χ2v) is 14.2. The topological polar surface area (TPSA) is 65.5 Å². The van der Waals surface area contributed by atoms with Crippen molar-refractivity contribution in [3.8, 4) is 0 Å². The third-order valence-corrected chi connectivity index (χ3v) is 11.2. The summed E-state index contributed by atoms with van der Waals surface area (Å²) >= 11 is 0. The first-order valence-electron chi connectivity index (χ1n) is 14.9. The molecule has 2 aliphatic heterocycles. The molecule has 1 saturated heterocycles. The highest BCUT2D eigenvalue weighted by molar-refractivity contribution is 7.91. The van der Waals surface area contributed by atoms with Crippen molar-refractivity contribution in [1.82, 2.24) is 15.2 Å². The number of rotatable bonds is 7. The van der Waals surface area contributed by atoms with E-state index in [0.29, 0.717) is 17.0 Å². The lowest BCUT2D eigenvalue weighted by atomic mass is 9.89. The summed E-state index contributed by atoms with van der Waals surface area (Å²) < 4.78 is 26.1. The Morgan fingerprint density at radius 2 is 1.77 bits per heavy atom. The zero-order valence-electron chi connectivity index (χ0n) is 23.9. The fourth-order valence-corrected chi connectivity index (χ4v) is 8.70. The average molecular weight is 559 g/mol. The largest absolute Gasteiger partial charge is 0.371 e. The monoisotopic (exact) mass is 558 g/mol. The van der Waals surface area contributed by atoms with Crippen LogP contribution in [0.2, 0.25) is 0 Å². The SMILES string of the molecule is Cc1ccc(S(=O)(=O)CC2CCN(c3cccc4c3C[C@H](CN(C)[C@H]3CCCc5cccnc53)NC4)CC2)cc1. The number of anilines is 1. The van der Waals surface area contributed by atoms with E-state index in [1.807, 2.05) is 25.3 Å². The molecule has 3 aromatic rings. The lowest BCUT2D eigenvalue weighted by Crippen LogP contribution is -2.46. The van der Waals surface area contributed by atoms with Gasteiger partial charge in [-0.1, -0.05) is 35.9 Å². The minimum Gasteiger partial charge on any atom is -0.371 e. The van der Waals surface area contributed by atoms with Gasteiger partial charge in [0.15, 0.2) is 9.84 Å². The van der Waals surface area contributed by atoms with E-state index in [9.17, 15) is 8.42 Å². The minimum absolute atomic E-state index is 0.206. The molecule has 1 fully saturated rings. The van der Waals surface area contributed by atoms with E-state index in [1.54, 1.807) is 12.1 Å². The van der Waals surface area contributed by atoms with Gasteiger partial charge in [0, 0.05) is 44.1 Å². The maximum Gasteiger partial charge on any atom is 0.178 e. The molecule has 0 amide bonds. The van der Waals surface area contributed by atoms with Crippen LogP contribution >= 0.6 is 0 Å². The second kappa shape index (κ2) is 11.6. The lowest BCUT2D eigenvalue weighted by molar-refractivity contribution is 0.191. The van der Waals surface area contributed by atoms with E-state index >= 15 is 0 Å². The molecular weight excluding hydrogens is 516 g/mol. The van der Waals surface area contributed by atoms with Gasteiger partial charge in [-0.2, -0.15) is 0 Å². The molecule has 212 valence electrons. The van der Waals surface area contributed by atoms with Gasteiger partial charge in [-0.15, -0.1) is 0 Å². The van der Waals surface area contributed by atoms with Gasteiger partial charge in [0.05, 0.1) is 22.4 Å². The number of pyridine rings is 1. The average Bonchev–Trinajstić information content (AvgIpc) is 2.97. The predicted molar refractivity (Wildman–Crippen MR) is 161 cm³/mol. The molecule has 0 bridgehead atoms. The standard InChI is InChI=1S/C33H42N4O2S/c1-24-11-13-29(14-12-24)40(38,39)23-25-15-18-37(19-16-25)31-9-4-7-27-21-35-28(20-30(27)31)22-36(2)32-10-3-6-26-8-5-17-34-33(26)32/h4-5,7-9,11-14,17,25,28,32,35H,3,6,10,15-16,18-23H2,1-2H3/t28-,32+/m1/s1. The summed E-state index contributed by atoms with van der Waals surface area (Å²) in [7, 11) is -0.999. The second-order valence-electron chi connectivity index (χ2n) is 12.1. The molecule has 40 heavy (non-hydrogen) atoms. The van der Waals surface area contributed by atoms with Gasteiger partial charge >= 0.3 is 0 Å². The first-order valence-corrected chi connectivity index (χ1v) is 16.5. The van der Waals surface area contributed by atoms with Crippen molar-refractivity contribution < 1.29 is 8.42 Å². The quantitative estimate of drug-likeness (QED) is 0.435. The molecule has 3 heterocycles. The number of nitrogens with zero attached hydrogens (tertiary/aromatic N) is 3. The van der Waals surface area contributed by atoms with Crippen molar-refractivity contribution in [2.24, 2.45) is 5.92 Å². The van der Waals surface area contributed by atoms with Crippen LogP contribution in [-0.2, 0) is 29.2 Å². The highest BCUT2D eigenvalue weighted by atomic mass is 32.2. The van der Waals surface area contributed by atoms with Gasteiger partial charge in [0.1, 0.15) is 0 Å². The Morgan fingerprint density at radius 3 is 2.58 bits per heavy atom. The highest BCUT2D eigenvalue weighted by Crippen LogP contribution is 2.35. The Balaban J connectivity index is 1.09. The van der Waals surface area contributed by atoms with E-state index in [-0.39, 0.29) is 11.7 Å². The van der Waals surface area contributed by atoms with Crippen molar-refractivity contribution in [3.63, 3.8) is 0 Å². The van der Waals surface area contributed by atoms with Crippen LogP contribution in [0.3, 0.4) is 0 Å². The number of hydrogen-bond acceptors (Lipinski definition) is 6. The summed E-state index contributed by atoms with van der Waals surface area (Å²) in [5.74, 6) is 0.450. The number of sulfone groups is 1. The third-order valence-electron chi connectivity index (χ3n) is 9.28. The summed E-state index contributed by atoms with van der Waals surface area (Å²) in [4.78, 5) is 10.2. The van der Waals surface area contributed by atoms with Crippen molar-refractivity contribution >= 4 is 15.5 Å². The predicted octanol–water partition coefficient (Wildman–Crippen LogP) is 5.10. The molecule has 1 aliphatic carbocycles. The van der Waals surface area contributed by atoms with Crippen LogP contribution in [0.25, 0.3) is 0 Å². The van der Waals surface area contributed by atoms with Gasteiger partial charge in [-0.05, 0) is 99.4 Å². The Hall–Kier alpha value is -2.74. The third kappa shape index (κ3) is 5.83. The Labute approximate surface area is 239 Å². The van der Waals surface area contributed by atoms with E-state index in [2.05, 4.69) is 52.5 Å². The number of piperidine rings is 1. The molecule has 6 nitrogen and oxygen atoms in total. The molecular formula is C33H42N4O2S. The Kier molecular flexibility index (Phi) is 7.98. The Bertz CT molecular complexity index is 1430. The van der Waals surface area contributed by atoms with Crippen LogP contribution < -0.4 is 10.2 Å². The molecule has 6 rings (SSSR count). The maximum atomic E-state index is 13.0. The Morgan fingerprint density at radius 1 is 1.00 bits per heavy atom. The molecule has 1 aromatic heterocycles. The van der Waals surface area contributed by atoms with Crippen LogP contribution in [0.1, 0.15) is 59.7 Å². The molecule has 2 atom stereocenters. The summed E-state index contributed by atoms with van der Waals surface area (Å²) in [5.41, 5.74) is 7.96. The zero-order chi connectivity index (χ0) is 27.7. The van der Waals surface area contributed by atoms with Gasteiger partial charge in [0.2, 0.25) is 0 Å². The number of fused-ring (bicyclic) bond motifs is 2. The highest BCUT2D eigenvalue weighted by Gasteiger charge is 2.31. The van der Waals surface area contributed by atoms with Gasteiger partial charge in [-0.3, -0.25) is 9.88 Å². The molecule has 0 spiro atoms.